The van der Waals surface area contributed by atoms with Crippen LogP contribution in [0.4, 0.5) is 0 Å². The molecule has 1 spiro atoms. The van der Waals surface area contributed by atoms with E-state index >= 15 is 0 Å². The Balaban J connectivity index is 1.56. The average molecular weight is 471 g/mol. The molecule has 3 aromatic carbocycles. The molecule has 0 bridgehead atoms. The number of Topliss-reactive ketones (excluding diaryl/α,β-unsaturated/α-hetero) is 1. The third kappa shape index (κ3) is 3.99. The zero-order valence-corrected chi connectivity index (χ0v) is 19.6. The Bertz CT molecular complexity index is 1260. The molecule has 1 N–H and O–H groups in total. The third-order valence-electron chi connectivity index (χ3n) is 7.04. The molecule has 1 saturated carbocycles. The van der Waals surface area contributed by atoms with Gasteiger partial charge >= 0.3 is 11.9 Å². The first kappa shape index (κ1) is 22.8. The molecule has 0 radical (unpaired) electrons. The highest BCUT2D eigenvalue weighted by atomic mass is 16.7. The SMILES string of the molecule is CC1(C)OC(=O)C2(C[C@H](c3ccccc3)C(=O)C[C@@H]2c2ccc(-c3ccc(O)cc3)cc2)C(=O)O1. The summed E-state index contributed by atoms with van der Waals surface area (Å²) in [7, 11) is 0. The molecule has 2 atom stereocenters. The van der Waals surface area contributed by atoms with Gasteiger partial charge in [-0.2, -0.15) is 0 Å². The topological polar surface area (TPSA) is 89.9 Å². The number of cyclic esters (lactones) is 2. The number of esters is 2. The van der Waals surface area contributed by atoms with E-state index < -0.39 is 35.0 Å². The van der Waals surface area contributed by atoms with Crippen molar-refractivity contribution >= 4 is 17.7 Å². The van der Waals surface area contributed by atoms with Crippen molar-refractivity contribution in [3.63, 3.8) is 0 Å². The second-order valence-electron chi connectivity index (χ2n) is 9.71. The molecule has 0 amide bonds. The van der Waals surface area contributed by atoms with E-state index in [1.54, 1.807) is 24.3 Å². The zero-order chi connectivity index (χ0) is 24.8. The lowest BCUT2D eigenvalue weighted by atomic mass is 9.58. The number of rotatable bonds is 3. The van der Waals surface area contributed by atoms with E-state index in [-0.39, 0.29) is 24.4 Å². The molecule has 6 nitrogen and oxygen atoms in total. The van der Waals surface area contributed by atoms with Crippen LogP contribution in [0, 0.1) is 5.41 Å². The lowest BCUT2D eigenvalue weighted by Gasteiger charge is -2.47. The van der Waals surface area contributed by atoms with Gasteiger partial charge in [-0.1, -0.05) is 66.7 Å². The van der Waals surface area contributed by atoms with Gasteiger partial charge in [0.05, 0.1) is 0 Å². The van der Waals surface area contributed by atoms with Gasteiger partial charge in [0.1, 0.15) is 11.5 Å². The lowest BCUT2D eigenvalue weighted by Crippen LogP contribution is -2.59. The van der Waals surface area contributed by atoms with Gasteiger partial charge in [0.25, 0.3) is 5.79 Å². The quantitative estimate of drug-likeness (QED) is 0.423. The van der Waals surface area contributed by atoms with Gasteiger partial charge in [-0.3, -0.25) is 14.4 Å². The van der Waals surface area contributed by atoms with Gasteiger partial charge in [0.2, 0.25) is 0 Å². The van der Waals surface area contributed by atoms with Gasteiger partial charge in [-0.05, 0) is 40.8 Å². The van der Waals surface area contributed by atoms with Crippen LogP contribution in [0.1, 0.15) is 49.7 Å². The number of hydrogen-bond donors (Lipinski definition) is 1. The highest BCUT2D eigenvalue weighted by Gasteiger charge is 2.64. The predicted molar refractivity (Wildman–Crippen MR) is 128 cm³/mol. The van der Waals surface area contributed by atoms with Gasteiger partial charge in [-0.15, -0.1) is 0 Å². The highest BCUT2D eigenvalue weighted by Crippen LogP contribution is 2.54. The van der Waals surface area contributed by atoms with Crippen LogP contribution in [0.3, 0.4) is 0 Å². The molecule has 1 saturated heterocycles. The average Bonchev–Trinajstić information content (AvgIpc) is 2.83. The van der Waals surface area contributed by atoms with Crippen LogP contribution >= 0.6 is 0 Å². The predicted octanol–water partition coefficient (Wildman–Crippen LogP) is 5.11. The summed E-state index contributed by atoms with van der Waals surface area (Å²) in [5.74, 6) is -3.83. The maximum absolute atomic E-state index is 13.5. The number of ether oxygens (including phenoxy) is 2. The summed E-state index contributed by atoms with van der Waals surface area (Å²) in [4.78, 5) is 40.4. The van der Waals surface area contributed by atoms with E-state index in [1.807, 2.05) is 54.6 Å². The first-order chi connectivity index (χ1) is 16.7. The molecule has 178 valence electrons. The normalized spacial score (nSPS) is 23.0. The fourth-order valence-corrected chi connectivity index (χ4v) is 5.23. The fourth-order valence-electron chi connectivity index (χ4n) is 5.23. The second kappa shape index (κ2) is 8.38. The molecule has 2 aliphatic rings. The number of hydrogen-bond acceptors (Lipinski definition) is 6. The van der Waals surface area contributed by atoms with E-state index in [9.17, 15) is 19.5 Å². The molecule has 1 heterocycles. The van der Waals surface area contributed by atoms with Crippen molar-refractivity contribution < 1.29 is 29.0 Å². The largest absolute Gasteiger partial charge is 0.508 e. The summed E-state index contributed by atoms with van der Waals surface area (Å²) in [6.07, 6.45) is 0.0106. The van der Waals surface area contributed by atoms with Crippen molar-refractivity contribution in [3.05, 3.63) is 90.0 Å². The van der Waals surface area contributed by atoms with Crippen molar-refractivity contribution in [3.8, 4) is 16.9 Å². The molecular formula is C29H26O6. The Morgan fingerprint density at radius 3 is 1.86 bits per heavy atom. The van der Waals surface area contributed by atoms with E-state index in [1.165, 1.54) is 13.8 Å². The molecule has 35 heavy (non-hydrogen) atoms. The molecular weight excluding hydrogens is 444 g/mol. The summed E-state index contributed by atoms with van der Waals surface area (Å²) in [5, 5.41) is 9.55. The van der Waals surface area contributed by atoms with Crippen molar-refractivity contribution in [1.82, 2.24) is 0 Å². The molecule has 1 aliphatic carbocycles. The Hall–Kier alpha value is -3.93. The fraction of sp³-hybridized carbons (Fsp3) is 0.276. The molecule has 6 heteroatoms. The summed E-state index contributed by atoms with van der Waals surface area (Å²) in [6.45, 7) is 3.06. The minimum atomic E-state index is -1.62. The standard InChI is InChI=1S/C29H26O6/c1-28(2)34-26(32)29(27(33)35-28)17-23(20-6-4-3-5-7-20)25(31)16-24(29)21-10-8-18(9-11-21)19-12-14-22(30)15-13-19/h3-15,23-24,30H,16-17H2,1-2H3/t23-,24-/m1/s1. The first-order valence-electron chi connectivity index (χ1n) is 11.6. The Morgan fingerprint density at radius 1 is 0.743 bits per heavy atom. The number of ketones is 1. The van der Waals surface area contributed by atoms with E-state index in [4.69, 9.17) is 9.47 Å². The van der Waals surface area contributed by atoms with Crippen LogP contribution in [-0.2, 0) is 23.9 Å². The summed E-state index contributed by atoms with van der Waals surface area (Å²) < 4.78 is 11.2. The van der Waals surface area contributed by atoms with Crippen molar-refractivity contribution in [1.29, 1.82) is 0 Å². The van der Waals surface area contributed by atoms with E-state index in [0.29, 0.717) is 5.56 Å². The summed E-state index contributed by atoms with van der Waals surface area (Å²) in [5.41, 5.74) is 1.65. The summed E-state index contributed by atoms with van der Waals surface area (Å²) in [6, 6.07) is 23.5. The Morgan fingerprint density at radius 2 is 1.29 bits per heavy atom. The van der Waals surface area contributed by atoms with Crippen molar-refractivity contribution in [2.24, 2.45) is 5.41 Å². The van der Waals surface area contributed by atoms with Crippen LogP contribution < -0.4 is 0 Å². The molecule has 1 aliphatic heterocycles. The number of phenolic OH excluding ortho intramolecular Hbond substituents is 1. The van der Waals surface area contributed by atoms with Gasteiger partial charge in [0.15, 0.2) is 5.41 Å². The van der Waals surface area contributed by atoms with Crippen molar-refractivity contribution in [2.45, 2.75) is 44.3 Å². The first-order valence-corrected chi connectivity index (χ1v) is 11.6. The van der Waals surface area contributed by atoms with Gasteiger partial charge < -0.3 is 14.6 Å². The Labute approximate surface area is 203 Å². The van der Waals surface area contributed by atoms with Crippen LogP contribution in [0.2, 0.25) is 0 Å². The van der Waals surface area contributed by atoms with Crippen LogP contribution in [0.15, 0.2) is 78.9 Å². The number of carbonyl (C=O) groups excluding carboxylic acids is 3. The number of carbonyl (C=O) groups is 3. The van der Waals surface area contributed by atoms with Crippen LogP contribution in [0.5, 0.6) is 5.75 Å². The number of phenols is 1. The maximum atomic E-state index is 13.5. The highest BCUT2D eigenvalue weighted by molar-refractivity contribution is 6.06. The minimum Gasteiger partial charge on any atom is -0.508 e. The smallest absolute Gasteiger partial charge is 0.327 e. The monoisotopic (exact) mass is 470 g/mol. The maximum Gasteiger partial charge on any atom is 0.327 e. The van der Waals surface area contributed by atoms with Crippen LogP contribution in [0.25, 0.3) is 11.1 Å². The zero-order valence-electron chi connectivity index (χ0n) is 19.6. The molecule has 0 aromatic heterocycles. The number of benzene rings is 3. The molecule has 3 aromatic rings. The molecule has 5 rings (SSSR count). The molecule has 2 fully saturated rings. The van der Waals surface area contributed by atoms with Gasteiger partial charge in [0, 0.05) is 32.1 Å². The van der Waals surface area contributed by atoms with Crippen molar-refractivity contribution in [2.75, 3.05) is 0 Å². The minimum absolute atomic E-state index is 0.00598. The van der Waals surface area contributed by atoms with E-state index in [2.05, 4.69) is 0 Å². The lowest BCUT2D eigenvalue weighted by molar-refractivity contribution is -0.254. The van der Waals surface area contributed by atoms with E-state index in [0.717, 1.165) is 16.7 Å². The Kier molecular flexibility index (Phi) is 5.47. The second-order valence-corrected chi connectivity index (χ2v) is 9.71. The van der Waals surface area contributed by atoms with Crippen LogP contribution in [-0.4, -0.2) is 28.6 Å². The number of aromatic hydroxyl groups is 1. The summed E-state index contributed by atoms with van der Waals surface area (Å²) >= 11 is 0. The molecule has 0 unspecified atom stereocenters. The van der Waals surface area contributed by atoms with Gasteiger partial charge in [-0.25, -0.2) is 0 Å². The third-order valence-corrected chi connectivity index (χ3v) is 7.04.